The number of piperazine rings is 1. The predicted molar refractivity (Wildman–Crippen MR) is 93.6 cm³/mol. The average molecular weight is 329 g/mol. The van der Waals surface area contributed by atoms with E-state index >= 15 is 0 Å². The fourth-order valence-corrected chi connectivity index (χ4v) is 5.23. The highest BCUT2D eigenvalue weighted by atomic mass is 32.2. The molecule has 5 heteroatoms. The van der Waals surface area contributed by atoms with Crippen molar-refractivity contribution >= 4 is 21.8 Å². The van der Waals surface area contributed by atoms with Gasteiger partial charge in [-0.3, -0.25) is 9.88 Å². The number of aromatic nitrogens is 1. The van der Waals surface area contributed by atoms with Gasteiger partial charge in [0, 0.05) is 55.4 Å². The van der Waals surface area contributed by atoms with Crippen LogP contribution in [0.1, 0.15) is 25.7 Å². The highest BCUT2D eigenvalue weighted by Crippen LogP contribution is 2.26. The van der Waals surface area contributed by atoms with Crippen molar-refractivity contribution in [2.45, 2.75) is 36.6 Å². The summed E-state index contributed by atoms with van der Waals surface area (Å²) in [5, 5.41) is 2.11. The molecule has 1 aliphatic heterocycles. The summed E-state index contributed by atoms with van der Waals surface area (Å²) in [4.78, 5) is 7.68. The third-order valence-electron chi connectivity index (χ3n) is 5.18. The van der Waals surface area contributed by atoms with Crippen LogP contribution in [0.25, 0.3) is 10.8 Å². The van der Waals surface area contributed by atoms with Crippen molar-refractivity contribution in [2.75, 3.05) is 26.2 Å². The zero-order valence-corrected chi connectivity index (χ0v) is 14.2. The van der Waals surface area contributed by atoms with Gasteiger partial charge in [-0.25, -0.2) is 8.51 Å². The summed E-state index contributed by atoms with van der Waals surface area (Å²) in [6.07, 6.45) is 9.07. The topological polar surface area (TPSA) is 36.4 Å². The summed E-state index contributed by atoms with van der Waals surface area (Å²) in [6, 6.07) is 8.74. The molecule has 1 saturated heterocycles. The largest absolute Gasteiger partial charge is 0.298 e. The fourth-order valence-electron chi connectivity index (χ4n) is 3.89. The van der Waals surface area contributed by atoms with E-state index in [0.29, 0.717) is 0 Å². The fraction of sp³-hybridized carbons (Fsp3) is 0.500. The molecule has 0 bridgehead atoms. The number of rotatable bonds is 3. The lowest BCUT2D eigenvalue weighted by atomic mass is 10.2. The van der Waals surface area contributed by atoms with E-state index < -0.39 is 11.0 Å². The molecule has 1 saturated carbocycles. The first-order chi connectivity index (χ1) is 11.3. The zero-order chi connectivity index (χ0) is 15.6. The van der Waals surface area contributed by atoms with Gasteiger partial charge in [0.2, 0.25) is 0 Å². The summed E-state index contributed by atoms with van der Waals surface area (Å²) in [5.41, 5.74) is 0. The average Bonchev–Trinajstić information content (AvgIpc) is 3.15. The SMILES string of the molecule is O=S(c1cccc2cnccc12)N1CCN(C2CCCC2)CC1. The van der Waals surface area contributed by atoms with Crippen molar-refractivity contribution in [1.82, 2.24) is 14.2 Å². The van der Waals surface area contributed by atoms with Gasteiger partial charge in [0.1, 0.15) is 11.0 Å². The molecule has 1 unspecified atom stereocenters. The minimum Gasteiger partial charge on any atom is -0.298 e. The first-order valence-electron chi connectivity index (χ1n) is 8.56. The van der Waals surface area contributed by atoms with E-state index in [-0.39, 0.29) is 0 Å². The number of hydrogen-bond donors (Lipinski definition) is 0. The van der Waals surface area contributed by atoms with E-state index in [0.717, 1.165) is 47.9 Å². The van der Waals surface area contributed by atoms with Crippen LogP contribution < -0.4 is 0 Å². The minimum absolute atomic E-state index is 0.772. The lowest BCUT2D eigenvalue weighted by Gasteiger charge is -2.37. The smallest absolute Gasteiger partial charge is 0.128 e. The Balaban J connectivity index is 1.49. The number of fused-ring (bicyclic) bond motifs is 1. The van der Waals surface area contributed by atoms with Gasteiger partial charge < -0.3 is 0 Å². The number of pyridine rings is 1. The van der Waals surface area contributed by atoms with Crippen LogP contribution in [0.15, 0.2) is 41.6 Å². The summed E-state index contributed by atoms with van der Waals surface area (Å²) >= 11 is 0. The predicted octanol–water partition coefficient (Wildman–Crippen LogP) is 2.82. The van der Waals surface area contributed by atoms with Crippen LogP contribution in [-0.2, 0) is 11.0 Å². The molecule has 4 nitrogen and oxygen atoms in total. The molecule has 0 spiro atoms. The molecule has 2 aliphatic rings. The Hall–Kier alpha value is -1.30. The molecule has 0 N–H and O–H groups in total. The first-order valence-corrected chi connectivity index (χ1v) is 9.67. The number of benzene rings is 1. The standard InChI is InChI=1S/C18H23N3OS/c22-23(18-7-3-4-15-14-19-9-8-17(15)18)21-12-10-20(11-13-21)16-5-1-2-6-16/h3-4,7-9,14,16H,1-2,5-6,10-13H2. The van der Waals surface area contributed by atoms with Crippen molar-refractivity contribution in [3.8, 4) is 0 Å². The zero-order valence-electron chi connectivity index (χ0n) is 13.4. The van der Waals surface area contributed by atoms with Gasteiger partial charge in [0.25, 0.3) is 0 Å². The number of nitrogens with zero attached hydrogens (tertiary/aromatic N) is 3. The maximum Gasteiger partial charge on any atom is 0.128 e. The Kier molecular flexibility index (Phi) is 4.42. The Morgan fingerprint density at radius 1 is 1.04 bits per heavy atom. The van der Waals surface area contributed by atoms with Crippen LogP contribution in [0.5, 0.6) is 0 Å². The van der Waals surface area contributed by atoms with Crippen LogP contribution in [0.3, 0.4) is 0 Å². The second kappa shape index (κ2) is 6.67. The Morgan fingerprint density at radius 2 is 1.83 bits per heavy atom. The molecule has 4 rings (SSSR count). The Bertz CT molecular complexity index is 701. The summed E-state index contributed by atoms with van der Waals surface area (Å²) < 4.78 is 15.2. The first kappa shape index (κ1) is 15.2. The van der Waals surface area contributed by atoms with Gasteiger partial charge in [0.05, 0.1) is 4.90 Å². The third kappa shape index (κ3) is 3.05. The third-order valence-corrected chi connectivity index (χ3v) is 6.74. The maximum absolute atomic E-state index is 13.0. The minimum atomic E-state index is -1.08. The van der Waals surface area contributed by atoms with E-state index in [1.807, 2.05) is 30.5 Å². The van der Waals surface area contributed by atoms with Crippen molar-refractivity contribution in [1.29, 1.82) is 0 Å². The Morgan fingerprint density at radius 3 is 2.61 bits per heavy atom. The van der Waals surface area contributed by atoms with Gasteiger partial charge in [-0.2, -0.15) is 0 Å². The van der Waals surface area contributed by atoms with Crippen LogP contribution >= 0.6 is 0 Å². The molecule has 0 amide bonds. The normalized spacial score (nSPS) is 22.6. The van der Waals surface area contributed by atoms with Gasteiger partial charge in [-0.15, -0.1) is 0 Å². The van der Waals surface area contributed by atoms with Crippen LogP contribution in [0.4, 0.5) is 0 Å². The molecule has 23 heavy (non-hydrogen) atoms. The van der Waals surface area contributed by atoms with E-state index in [1.165, 1.54) is 25.7 Å². The second-order valence-corrected chi connectivity index (χ2v) is 7.96. The monoisotopic (exact) mass is 329 g/mol. The molecule has 1 aliphatic carbocycles. The van der Waals surface area contributed by atoms with Crippen LogP contribution in [-0.4, -0.2) is 50.6 Å². The van der Waals surface area contributed by atoms with E-state index in [4.69, 9.17) is 0 Å². The molecule has 2 fully saturated rings. The molecule has 1 aromatic heterocycles. The second-order valence-electron chi connectivity index (χ2n) is 6.51. The summed E-state index contributed by atoms with van der Waals surface area (Å²) in [6.45, 7) is 3.88. The van der Waals surface area contributed by atoms with E-state index in [9.17, 15) is 4.21 Å². The highest BCUT2D eigenvalue weighted by molar-refractivity contribution is 7.83. The maximum atomic E-state index is 13.0. The molecule has 2 aromatic rings. The number of hydrogen-bond acceptors (Lipinski definition) is 3. The van der Waals surface area contributed by atoms with Crippen molar-refractivity contribution in [2.24, 2.45) is 0 Å². The van der Waals surface area contributed by atoms with Gasteiger partial charge >= 0.3 is 0 Å². The van der Waals surface area contributed by atoms with Crippen molar-refractivity contribution in [3.05, 3.63) is 36.7 Å². The van der Waals surface area contributed by atoms with Crippen molar-refractivity contribution in [3.63, 3.8) is 0 Å². The summed E-state index contributed by atoms with van der Waals surface area (Å²) in [5.74, 6) is 0. The van der Waals surface area contributed by atoms with Gasteiger partial charge in [-0.05, 0) is 25.0 Å². The molecule has 122 valence electrons. The van der Waals surface area contributed by atoms with Crippen LogP contribution in [0.2, 0.25) is 0 Å². The summed E-state index contributed by atoms with van der Waals surface area (Å²) in [7, 11) is -1.08. The molecule has 0 radical (unpaired) electrons. The quantitative estimate of drug-likeness (QED) is 0.869. The molecule has 1 aromatic carbocycles. The lowest BCUT2D eigenvalue weighted by Crippen LogP contribution is -2.49. The molecular formula is C18H23N3OS. The molecular weight excluding hydrogens is 306 g/mol. The molecule has 1 atom stereocenters. The Labute approximate surface area is 140 Å². The molecule has 2 heterocycles. The highest BCUT2D eigenvalue weighted by Gasteiger charge is 2.28. The van der Waals surface area contributed by atoms with Gasteiger partial charge in [-0.1, -0.05) is 25.0 Å². The van der Waals surface area contributed by atoms with E-state index in [2.05, 4.69) is 14.2 Å². The van der Waals surface area contributed by atoms with Crippen molar-refractivity contribution < 1.29 is 4.21 Å². The van der Waals surface area contributed by atoms with Crippen LogP contribution in [0, 0.1) is 0 Å². The van der Waals surface area contributed by atoms with E-state index in [1.54, 1.807) is 6.20 Å². The van der Waals surface area contributed by atoms with Gasteiger partial charge in [0.15, 0.2) is 0 Å². The lowest BCUT2D eigenvalue weighted by molar-refractivity contribution is 0.141.